The summed E-state index contributed by atoms with van der Waals surface area (Å²) in [5.41, 5.74) is 4.31. The van der Waals surface area contributed by atoms with Crippen molar-refractivity contribution >= 4 is 17.5 Å². The summed E-state index contributed by atoms with van der Waals surface area (Å²) < 4.78 is 5.64. The summed E-state index contributed by atoms with van der Waals surface area (Å²) in [6.07, 6.45) is 5.34. The molecule has 0 unspecified atom stereocenters. The molecular weight excluding hydrogens is 354 g/mol. The Labute approximate surface area is 165 Å². The van der Waals surface area contributed by atoms with Gasteiger partial charge in [-0.05, 0) is 51.7 Å². The van der Waals surface area contributed by atoms with Crippen LogP contribution in [0.5, 0.6) is 0 Å². The highest BCUT2D eigenvalue weighted by atomic mass is 16.5. The molecule has 1 atom stereocenters. The largest absolute Gasteiger partial charge is 0.381 e. The van der Waals surface area contributed by atoms with Crippen LogP contribution in [0.4, 0.5) is 11.6 Å². The normalized spacial score (nSPS) is 19.2. The summed E-state index contributed by atoms with van der Waals surface area (Å²) in [4.78, 5) is 29.1. The number of fused-ring (bicyclic) bond motifs is 1. The molecule has 1 amide bonds. The zero-order valence-electron chi connectivity index (χ0n) is 16.8. The van der Waals surface area contributed by atoms with Gasteiger partial charge in [0.05, 0.1) is 30.8 Å². The molecule has 7 nitrogen and oxygen atoms in total. The van der Waals surface area contributed by atoms with E-state index in [1.807, 2.05) is 19.9 Å². The lowest BCUT2D eigenvalue weighted by Crippen LogP contribution is -2.28. The molecule has 0 radical (unpaired) electrons. The van der Waals surface area contributed by atoms with Gasteiger partial charge in [-0.2, -0.15) is 0 Å². The number of carbonyl (C=O) groups is 1. The predicted octanol–water partition coefficient (Wildman–Crippen LogP) is 2.84. The SMILES string of the molecule is Cc1ncc(NC(=O)c2cc(N3CCC[C@@H]3C)nc3c2CCOCC3)nc1C. The number of anilines is 2. The lowest BCUT2D eigenvalue weighted by Gasteiger charge is -2.25. The van der Waals surface area contributed by atoms with Gasteiger partial charge < -0.3 is 15.0 Å². The molecule has 0 aromatic carbocycles. The minimum absolute atomic E-state index is 0.161. The highest BCUT2D eigenvalue weighted by Gasteiger charge is 2.26. The van der Waals surface area contributed by atoms with Crippen molar-refractivity contribution in [3.8, 4) is 0 Å². The van der Waals surface area contributed by atoms with Crippen molar-refractivity contribution < 1.29 is 9.53 Å². The van der Waals surface area contributed by atoms with Gasteiger partial charge in [0.15, 0.2) is 5.82 Å². The molecular formula is C21H27N5O2. The summed E-state index contributed by atoms with van der Waals surface area (Å²) in [5.74, 6) is 1.20. The van der Waals surface area contributed by atoms with E-state index >= 15 is 0 Å². The number of rotatable bonds is 3. The number of hydrogen-bond donors (Lipinski definition) is 1. The minimum atomic E-state index is -0.161. The molecule has 1 N–H and O–H groups in total. The number of ether oxygens (including phenoxy) is 1. The van der Waals surface area contributed by atoms with Gasteiger partial charge in [-0.1, -0.05) is 0 Å². The molecule has 2 aromatic heterocycles. The van der Waals surface area contributed by atoms with Crippen LogP contribution in [0.1, 0.15) is 52.8 Å². The molecule has 2 aliphatic heterocycles. The Morgan fingerprint density at radius 1 is 1.21 bits per heavy atom. The van der Waals surface area contributed by atoms with Crippen molar-refractivity contribution in [2.24, 2.45) is 0 Å². The molecule has 0 saturated carbocycles. The van der Waals surface area contributed by atoms with Crippen molar-refractivity contribution in [3.63, 3.8) is 0 Å². The molecule has 7 heteroatoms. The van der Waals surface area contributed by atoms with E-state index < -0.39 is 0 Å². The highest BCUT2D eigenvalue weighted by Crippen LogP contribution is 2.29. The van der Waals surface area contributed by atoms with Gasteiger partial charge in [-0.25, -0.2) is 9.97 Å². The Hall–Kier alpha value is -2.54. The van der Waals surface area contributed by atoms with E-state index in [0.717, 1.165) is 54.3 Å². The summed E-state index contributed by atoms with van der Waals surface area (Å²) in [7, 11) is 0. The van der Waals surface area contributed by atoms with Crippen LogP contribution in [0, 0.1) is 13.8 Å². The Morgan fingerprint density at radius 3 is 2.79 bits per heavy atom. The second-order valence-corrected chi connectivity index (χ2v) is 7.63. The molecule has 4 rings (SSSR count). The van der Waals surface area contributed by atoms with Crippen LogP contribution in [0.25, 0.3) is 0 Å². The molecule has 0 aliphatic carbocycles. The molecule has 1 fully saturated rings. The lowest BCUT2D eigenvalue weighted by molar-refractivity contribution is 0.102. The van der Waals surface area contributed by atoms with Gasteiger partial charge in [0.2, 0.25) is 0 Å². The van der Waals surface area contributed by atoms with Crippen LogP contribution in [0.15, 0.2) is 12.3 Å². The smallest absolute Gasteiger partial charge is 0.257 e. The number of nitrogens with zero attached hydrogens (tertiary/aromatic N) is 4. The Balaban J connectivity index is 1.71. The van der Waals surface area contributed by atoms with Crippen molar-refractivity contribution in [2.75, 3.05) is 30.0 Å². The third kappa shape index (κ3) is 3.71. The fourth-order valence-corrected chi connectivity index (χ4v) is 3.95. The van der Waals surface area contributed by atoms with Crippen molar-refractivity contribution in [1.29, 1.82) is 0 Å². The fraction of sp³-hybridized carbons (Fsp3) is 0.524. The maximum Gasteiger partial charge on any atom is 0.257 e. The number of aromatic nitrogens is 3. The lowest BCUT2D eigenvalue weighted by atomic mass is 10.0. The van der Waals surface area contributed by atoms with Crippen molar-refractivity contribution in [2.45, 2.75) is 52.5 Å². The third-order valence-corrected chi connectivity index (χ3v) is 5.70. The van der Waals surface area contributed by atoms with Crippen molar-refractivity contribution in [1.82, 2.24) is 15.0 Å². The summed E-state index contributed by atoms with van der Waals surface area (Å²) in [5, 5.41) is 2.93. The predicted molar refractivity (Wildman–Crippen MR) is 108 cm³/mol. The summed E-state index contributed by atoms with van der Waals surface area (Å²) in [6, 6.07) is 2.38. The van der Waals surface area contributed by atoms with Crippen molar-refractivity contribution in [3.05, 3.63) is 40.5 Å². The zero-order valence-corrected chi connectivity index (χ0v) is 16.8. The van der Waals surface area contributed by atoms with E-state index in [0.29, 0.717) is 37.1 Å². The van der Waals surface area contributed by atoms with Gasteiger partial charge in [0, 0.05) is 30.3 Å². The van der Waals surface area contributed by atoms with E-state index in [1.54, 1.807) is 6.20 Å². The first-order chi connectivity index (χ1) is 13.5. The first kappa shape index (κ1) is 18.8. The topological polar surface area (TPSA) is 80.2 Å². The van der Waals surface area contributed by atoms with Crippen LogP contribution in [0.3, 0.4) is 0 Å². The van der Waals surface area contributed by atoms with Crippen LogP contribution in [-0.4, -0.2) is 46.7 Å². The highest BCUT2D eigenvalue weighted by molar-refractivity contribution is 6.05. The van der Waals surface area contributed by atoms with Crippen LogP contribution >= 0.6 is 0 Å². The number of hydrogen-bond acceptors (Lipinski definition) is 6. The monoisotopic (exact) mass is 381 g/mol. The fourth-order valence-electron chi connectivity index (χ4n) is 3.95. The van der Waals surface area contributed by atoms with Gasteiger partial charge in [-0.3, -0.25) is 9.78 Å². The Bertz CT molecular complexity index is 899. The van der Waals surface area contributed by atoms with Crippen LogP contribution in [-0.2, 0) is 17.6 Å². The van der Waals surface area contributed by atoms with E-state index in [1.165, 1.54) is 0 Å². The Kier molecular flexibility index (Phi) is 5.26. The minimum Gasteiger partial charge on any atom is -0.381 e. The number of amides is 1. The molecule has 28 heavy (non-hydrogen) atoms. The summed E-state index contributed by atoms with van der Waals surface area (Å²) >= 11 is 0. The number of aryl methyl sites for hydroxylation is 2. The molecule has 4 heterocycles. The molecule has 0 spiro atoms. The van der Waals surface area contributed by atoms with Gasteiger partial charge in [-0.15, -0.1) is 0 Å². The first-order valence-corrected chi connectivity index (χ1v) is 10.0. The first-order valence-electron chi connectivity index (χ1n) is 10.0. The maximum atomic E-state index is 13.2. The number of nitrogens with one attached hydrogen (secondary N) is 1. The average Bonchev–Trinajstić information content (AvgIpc) is 2.96. The second-order valence-electron chi connectivity index (χ2n) is 7.63. The van der Waals surface area contributed by atoms with Gasteiger partial charge >= 0.3 is 0 Å². The van der Waals surface area contributed by atoms with E-state index in [9.17, 15) is 4.79 Å². The molecule has 1 saturated heterocycles. The quantitative estimate of drug-likeness (QED) is 0.881. The maximum absolute atomic E-state index is 13.2. The second kappa shape index (κ2) is 7.83. The molecule has 2 aromatic rings. The van der Waals surface area contributed by atoms with E-state index in [2.05, 4.69) is 27.1 Å². The zero-order chi connectivity index (χ0) is 19.7. The molecule has 0 bridgehead atoms. The van der Waals surface area contributed by atoms with Gasteiger partial charge in [0.1, 0.15) is 5.82 Å². The third-order valence-electron chi connectivity index (χ3n) is 5.70. The number of carbonyl (C=O) groups excluding carboxylic acids is 1. The molecule has 148 valence electrons. The van der Waals surface area contributed by atoms with Crippen LogP contribution < -0.4 is 10.2 Å². The van der Waals surface area contributed by atoms with E-state index in [4.69, 9.17) is 9.72 Å². The van der Waals surface area contributed by atoms with Gasteiger partial charge in [0.25, 0.3) is 5.91 Å². The summed E-state index contributed by atoms with van der Waals surface area (Å²) in [6.45, 7) is 8.24. The average molecular weight is 381 g/mol. The van der Waals surface area contributed by atoms with Crippen LogP contribution in [0.2, 0.25) is 0 Å². The molecule has 2 aliphatic rings. The Morgan fingerprint density at radius 2 is 2.04 bits per heavy atom. The standard InChI is InChI=1S/C21H27N5O2/c1-13-5-4-8-26(13)20-11-17(16-6-9-28-10-7-18(16)24-20)21(27)25-19-12-22-14(2)15(3)23-19/h11-13H,4-10H2,1-3H3,(H,23,25,27)/t13-/m0/s1. The van der Waals surface area contributed by atoms with E-state index in [-0.39, 0.29) is 5.91 Å². The number of pyridine rings is 1.